The average Bonchev–Trinajstić information content (AvgIpc) is 3.72. The van der Waals surface area contributed by atoms with Crippen molar-refractivity contribution >= 4 is 56.7 Å². The van der Waals surface area contributed by atoms with E-state index >= 15 is 0 Å². The fourth-order valence-corrected chi connectivity index (χ4v) is 14.0. The van der Waals surface area contributed by atoms with Crippen LogP contribution in [0.15, 0.2) is 176 Å². The second-order valence-corrected chi connectivity index (χ2v) is 19.4. The van der Waals surface area contributed by atoms with Gasteiger partial charge < -0.3 is 4.74 Å². The Morgan fingerprint density at radius 2 is 1.02 bits per heavy atom. The van der Waals surface area contributed by atoms with Crippen molar-refractivity contribution in [2.45, 2.75) is 38.5 Å². The molecule has 0 fully saturated rings. The van der Waals surface area contributed by atoms with Crippen LogP contribution in [0.25, 0.3) is 33.5 Å². The van der Waals surface area contributed by atoms with Crippen LogP contribution in [0.1, 0.15) is 38.8 Å². The van der Waals surface area contributed by atoms with Crippen molar-refractivity contribution in [1.29, 1.82) is 0 Å². The average molecular weight is 716 g/mol. The lowest BCUT2D eigenvalue weighted by molar-refractivity contribution is 0.306. The molecule has 1 aliphatic heterocycles. The van der Waals surface area contributed by atoms with Gasteiger partial charge in [0, 0.05) is 27.6 Å². The number of rotatable bonds is 5. The predicted molar refractivity (Wildman–Crippen MR) is 226 cm³/mol. The van der Waals surface area contributed by atoms with Crippen LogP contribution in [0.4, 0.5) is 0 Å². The second-order valence-electron chi connectivity index (χ2n) is 15.6. The highest BCUT2D eigenvalue weighted by atomic mass is 28.3. The second kappa shape index (κ2) is 11.9. The number of fused-ring (bicyclic) bond motifs is 7. The lowest BCUT2D eigenvalue weighted by Crippen LogP contribution is -2.75. The van der Waals surface area contributed by atoms with Crippen molar-refractivity contribution in [2.75, 3.05) is 0 Å². The highest BCUT2D eigenvalue weighted by molar-refractivity contribution is 7.20. The molecular weight excluding hydrogens is 675 g/mol. The molecule has 7 aromatic carbocycles. The Kier molecular flexibility index (Phi) is 7.17. The zero-order chi connectivity index (χ0) is 36.7. The van der Waals surface area contributed by atoms with E-state index in [-0.39, 0.29) is 10.8 Å². The Balaban J connectivity index is 1.27. The Morgan fingerprint density at radius 1 is 0.481 bits per heavy atom. The van der Waals surface area contributed by atoms with Crippen LogP contribution >= 0.6 is 0 Å². The number of para-hydroxylation sites is 6. The van der Waals surface area contributed by atoms with Crippen LogP contribution in [0, 0.1) is 0 Å². The first kappa shape index (κ1) is 32.5. The third kappa shape index (κ3) is 4.45. The van der Waals surface area contributed by atoms with Crippen molar-refractivity contribution in [1.82, 2.24) is 14.0 Å². The minimum Gasteiger partial charge on any atom is -0.457 e. The third-order valence-corrected chi connectivity index (χ3v) is 17.3. The summed E-state index contributed by atoms with van der Waals surface area (Å²) >= 11 is 0. The minimum atomic E-state index is -3.03. The molecule has 10 rings (SSSR count). The van der Waals surface area contributed by atoms with Gasteiger partial charge in [-0.25, -0.2) is 4.98 Å². The first-order valence-corrected chi connectivity index (χ1v) is 20.8. The van der Waals surface area contributed by atoms with Crippen molar-refractivity contribution in [3.63, 3.8) is 0 Å². The van der Waals surface area contributed by atoms with Gasteiger partial charge in [-0.05, 0) is 63.2 Å². The zero-order valence-electron chi connectivity index (χ0n) is 31.0. The summed E-state index contributed by atoms with van der Waals surface area (Å²) in [4.78, 5) is 5.16. The molecule has 54 heavy (non-hydrogen) atoms. The summed E-state index contributed by atoms with van der Waals surface area (Å²) in [5, 5.41) is 5.16. The molecule has 0 saturated carbocycles. The summed E-state index contributed by atoms with van der Waals surface area (Å²) in [6, 6.07) is 64.1. The van der Waals surface area contributed by atoms with Crippen LogP contribution in [0.3, 0.4) is 0 Å². The Bertz CT molecular complexity index is 2810. The smallest absolute Gasteiger partial charge is 0.220 e. The van der Waals surface area contributed by atoms with Gasteiger partial charge in [0.1, 0.15) is 11.5 Å². The number of hydrogen-bond acceptors (Lipinski definition) is 2. The number of imidazole rings is 2. The molecule has 0 N–H and O–H groups in total. The van der Waals surface area contributed by atoms with Crippen molar-refractivity contribution in [3.05, 3.63) is 187 Å². The number of hydrogen-bond donors (Lipinski definition) is 0. The first-order chi connectivity index (χ1) is 26.3. The Morgan fingerprint density at radius 3 is 1.72 bits per heavy atom. The normalized spacial score (nSPS) is 14.7. The maximum Gasteiger partial charge on any atom is 0.220 e. The Labute approximate surface area is 317 Å². The van der Waals surface area contributed by atoms with E-state index in [4.69, 9.17) is 9.72 Å². The molecule has 4 nitrogen and oxygen atoms in total. The first-order valence-electron chi connectivity index (χ1n) is 18.8. The van der Waals surface area contributed by atoms with Crippen molar-refractivity contribution < 1.29 is 4.74 Å². The lowest BCUT2D eigenvalue weighted by atomic mass is 9.61. The summed E-state index contributed by atoms with van der Waals surface area (Å²) in [6.07, 6.45) is 0. The molecule has 0 amide bonds. The van der Waals surface area contributed by atoms with Gasteiger partial charge in [0.05, 0.1) is 22.1 Å². The fraction of sp³-hybridized carbons (Fsp3) is 0.122. The van der Waals surface area contributed by atoms with Gasteiger partial charge in [0.25, 0.3) is 0 Å². The zero-order valence-corrected chi connectivity index (χ0v) is 32.0. The van der Waals surface area contributed by atoms with Crippen LogP contribution in [0.2, 0.25) is 0 Å². The van der Waals surface area contributed by atoms with E-state index in [2.05, 4.69) is 213 Å². The molecule has 0 radical (unpaired) electrons. The van der Waals surface area contributed by atoms with E-state index in [0.717, 1.165) is 45.0 Å². The molecule has 0 aliphatic carbocycles. The predicted octanol–water partition coefficient (Wildman–Crippen LogP) is 9.17. The topological polar surface area (TPSA) is 31.5 Å². The standard InChI is InChI=1S/C49H41N3OSi/c1-48(2)38-22-11-16-28-44(38)53-46-39(49(48,3)4)23-17-29-45(46)54(35-18-7-5-8-19-35,36-20-9-6-10-21-36)37-32-30-34(31-33-37)51-42-26-14-15-27-43(42)52-41-25-13-12-24-40(41)50-47(51)52/h5-33H,1-4H3. The molecule has 9 aromatic rings. The Hall–Kier alpha value is -6.17. The van der Waals surface area contributed by atoms with Gasteiger partial charge in [-0.1, -0.05) is 161 Å². The summed E-state index contributed by atoms with van der Waals surface area (Å²) < 4.78 is 11.9. The van der Waals surface area contributed by atoms with Gasteiger partial charge in [0.2, 0.25) is 5.78 Å². The van der Waals surface area contributed by atoms with Gasteiger partial charge in [-0.15, -0.1) is 0 Å². The van der Waals surface area contributed by atoms with E-state index in [1.807, 2.05) is 0 Å². The van der Waals surface area contributed by atoms with Gasteiger partial charge >= 0.3 is 0 Å². The van der Waals surface area contributed by atoms with E-state index < -0.39 is 8.07 Å². The van der Waals surface area contributed by atoms with Gasteiger partial charge in [-0.3, -0.25) is 8.97 Å². The molecule has 3 heterocycles. The summed E-state index contributed by atoms with van der Waals surface area (Å²) in [7, 11) is -3.03. The molecule has 0 bridgehead atoms. The largest absolute Gasteiger partial charge is 0.457 e. The molecule has 5 heteroatoms. The van der Waals surface area contributed by atoms with Gasteiger partial charge in [-0.2, -0.15) is 0 Å². The fourth-order valence-electron chi connectivity index (χ4n) is 9.10. The van der Waals surface area contributed by atoms with Crippen molar-refractivity contribution in [3.8, 4) is 17.2 Å². The number of aromatic nitrogens is 3. The SMILES string of the molecule is CC1(C)c2ccccc2Oc2c(cccc2[Si](c2ccccc2)(c2ccccc2)c2ccc(-n3c4ccccc4n4c5ccccc5nc34)cc2)C1(C)C. The van der Waals surface area contributed by atoms with Crippen molar-refractivity contribution in [2.24, 2.45) is 0 Å². The highest BCUT2D eigenvalue weighted by Crippen LogP contribution is 2.52. The number of benzene rings is 7. The molecular formula is C49H41N3OSi. The molecule has 0 spiro atoms. The van der Waals surface area contributed by atoms with Crippen LogP contribution in [0.5, 0.6) is 11.5 Å². The minimum absolute atomic E-state index is 0.193. The molecule has 262 valence electrons. The molecule has 0 unspecified atom stereocenters. The van der Waals surface area contributed by atoms with E-state index in [9.17, 15) is 0 Å². The van der Waals surface area contributed by atoms with E-state index in [1.165, 1.54) is 31.9 Å². The maximum atomic E-state index is 7.30. The molecule has 2 aromatic heterocycles. The van der Waals surface area contributed by atoms with Crippen LogP contribution < -0.4 is 25.5 Å². The number of nitrogens with zero attached hydrogens (tertiary/aromatic N) is 3. The molecule has 0 saturated heterocycles. The van der Waals surface area contributed by atoms with E-state index in [0.29, 0.717) is 0 Å². The maximum absolute atomic E-state index is 7.30. The van der Waals surface area contributed by atoms with Crippen LogP contribution in [-0.2, 0) is 10.8 Å². The van der Waals surface area contributed by atoms with E-state index in [1.54, 1.807) is 0 Å². The molecule has 1 aliphatic rings. The quantitative estimate of drug-likeness (QED) is 0.132. The highest BCUT2D eigenvalue weighted by Gasteiger charge is 2.49. The summed E-state index contributed by atoms with van der Waals surface area (Å²) in [5.41, 5.74) is 7.45. The lowest BCUT2D eigenvalue weighted by Gasteiger charge is -2.42. The number of ether oxygens (including phenoxy) is 1. The van der Waals surface area contributed by atoms with Gasteiger partial charge in [0.15, 0.2) is 8.07 Å². The molecule has 0 atom stereocenters. The summed E-state index contributed by atoms with van der Waals surface area (Å²) in [6.45, 7) is 9.48. The third-order valence-electron chi connectivity index (χ3n) is 12.5. The summed E-state index contributed by atoms with van der Waals surface area (Å²) in [5.74, 6) is 2.81. The van der Waals surface area contributed by atoms with Crippen LogP contribution in [-0.4, -0.2) is 22.0 Å². The monoisotopic (exact) mass is 715 g/mol.